The van der Waals surface area contributed by atoms with Gasteiger partial charge in [0.2, 0.25) is 5.91 Å². The fraction of sp³-hybridized carbons (Fsp3) is 0.429. The van der Waals surface area contributed by atoms with Gasteiger partial charge in [0.25, 0.3) is 0 Å². The molecule has 1 aromatic rings. The first-order valence-electron chi connectivity index (χ1n) is 6.24. The second-order valence-corrected chi connectivity index (χ2v) is 5.37. The minimum atomic E-state index is -0.905. The molecular weight excluding hydrogens is 282 g/mol. The molecule has 2 atom stereocenters. The van der Waals surface area contributed by atoms with Gasteiger partial charge in [0.1, 0.15) is 5.75 Å². The van der Waals surface area contributed by atoms with Crippen LogP contribution >= 0.6 is 11.6 Å². The third-order valence-corrected chi connectivity index (χ3v) is 3.69. The van der Waals surface area contributed by atoms with E-state index in [9.17, 15) is 9.59 Å². The molecule has 1 aliphatic rings. The lowest BCUT2D eigenvalue weighted by atomic mass is 10.1. The van der Waals surface area contributed by atoms with Crippen LogP contribution in [0.5, 0.6) is 5.75 Å². The van der Waals surface area contributed by atoms with Crippen molar-refractivity contribution in [2.75, 3.05) is 14.2 Å². The second kappa shape index (κ2) is 5.71. The van der Waals surface area contributed by atoms with Crippen LogP contribution in [0.1, 0.15) is 12.0 Å². The second-order valence-electron chi connectivity index (χ2n) is 4.94. The van der Waals surface area contributed by atoms with Crippen LogP contribution in [-0.4, -0.2) is 36.0 Å². The number of ether oxygens (including phenoxy) is 1. The molecular formula is C14H16ClNO4. The highest BCUT2D eigenvalue weighted by Crippen LogP contribution is 2.40. The largest absolute Gasteiger partial charge is 0.496 e. The Morgan fingerprint density at radius 2 is 2.15 bits per heavy atom. The van der Waals surface area contributed by atoms with Crippen LogP contribution in [0, 0.1) is 11.8 Å². The molecule has 0 aromatic heterocycles. The van der Waals surface area contributed by atoms with Crippen molar-refractivity contribution >= 4 is 23.5 Å². The van der Waals surface area contributed by atoms with Crippen molar-refractivity contribution in [3.63, 3.8) is 0 Å². The van der Waals surface area contributed by atoms with Crippen molar-refractivity contribution in [1.29, 1.82) is 0 Å². The summed E-state index contributed by atoms with van der Waals surface area (Å²) in [6.45, 7) is 0.339. The molecule has 0 bridgehead atoms. The Balaban J connectivity index is 2.05. The number of aliphatic carboxylic acids is 1. The fourth-order valence-corrected chi connectivity index (χ4v) is 2.42. The van der Waals surface area contributed by atoms with E-state index in [4.69, 9.17) is 21.4 Å². The van der Waals surface area contributed by atoms with Gasteiger partial charge in [-0.1, -0.05) is 11.6 Å². The van der Waals surface area contributed by atoms with E-state index in [0.717, 1.165) is 5.56 Å². The van der Waals surface area contributed by atoms with Crippen LogP contribution in [0.3, 0.4) is 0 Å². The summed E-state index contributed by atoms with van der Waals surface area (Å²) in [6, 6.07) is 5.20. The summed E-state index contributed by atoms with van der Waals surface area (Å²) in [5.74, 6) is -1.34. The Kier molecular flexibility index (Phi) is 4.18. The Morgan fingerprint density at radius 1 is 1.45 bits per heavy atom. The van der Waals surface area contributed by atoms with Crippen LogP contribution in [0.15, 0.2) is 18.2 Å². The number of methoxy groups -OCH3 is 1. The average molecular weight is 298 g/mol. The Bertz CT molecular complexity index is 546. The number of carboxylic acids is 1. The standard InChI is InChI=1S/C14H16ClNO4/c1-16(13(17)10-6-11(10)14(18)19)7-8-5-9(15)3-4-12(8)20-2/h3-5,10-11H,6-7H2,1-2H3,(H,18,19)/t10-,11-/m1/s1. The maximum Gasteiger partial charge on any atom is 0.307 e. The van der Waals surface area contributed by atoms with Crippen molar-refractivity contribution in [3.8, 4) is 5.75 Å². The Hall–Kier alpha value is -1.75. The van der Waals surface area contributed by atoms with Crippen molar-refractivity contribution in [3.05, 3.63) is 28.8 Å². The molecule has 0 radical (unpaired) electrons. The van der Waals surface area contributed by atoms with E-state index < -0.39 is 17.8 Å². The maximum atomic E-state index is 12.1. The average Bonchev–Trinajstić information content (AvgIpc) is 3.18. The molecule has 1 N–H and O–H groups in total. The summed E-state index contributed by atoms with van der Waals surface area (Å²) in [6.07, 6.45) is 0.422. The zero-order valence-electron chi connectivity index (χ0n) is 11.3. The van der Waals surface area contributed by atoms with Crippen LogP contribution in [0.4, 0.5) is 0 Å². The third kappa shape index (κ3) is 3.04. The summed E-state index contributed by atoms with van der Waals surface area (Å²) in [5.41, 5.74) is 0.795. The molecule has 0 aliphatic heterocycles. The molecule has 0 spiro atoms. The minimum Gasteiger partial charge on any atom is -0.496 e. The highest BCUT2D eigenvalue weighted by atomic mass is 35.5. The number of carboxylic acid groups (broad SMARTS) is 1. The van der Waals surface area contributed by atoms with Crippen LogP contribution < -0.4 is 4.74 Å². The molecule has 1 amide bonds. The fourth-order valence-electron chi connectivity index (χ4n) is 2.23. The molecule has 1 aromatic carbocycles. The van der Waals surface area contributed by atoms with E-state index in [1.807, 2.05) is 0 Å². The first-order chi connectivity index (χ1) is 9.43. The zero-order valence-corrected chi connectivity index (χ0v) is 12.1. The Morgan fingerprint density at radius 3 is 2.70 bits per heavy atom. The van der Waals surface area contributed by atoms with Crippen molar-refractivity contribution in [2.45, 2.75) is 13.0 Å². The van der Waals surface area contributed by atoms with E-state index in [2.05, 4.69) is 0 Å². The summed E-state index contributed by atoms with van der Waals surface area (Å²) in [7, 11) is 3.20. The van der Waals surface area contributed by atoms with E-state index in [1.54, 1.807) is 32.4 Å². The quantitative estimate of drug-likeness (QED) is 0.903. The van der Waals surface area contributed by atoms with Gasteiger partial charge in [0, 0.05) is 24.2 Å². The van der Waals surface area contributed by atoms with Gasteiger partial charge in [0.15, 0.2) is 0 Å². The summed E-state index contributed by atoms with van der Waals surface area (Å²) >= 11 is 5.94. The van der Waals surface area contributed by atoms with Gasteiger partial charge in [-0.05, 0) is 24.6 Å². The van der Waals surface area contributed by atoms with Gasteiger partial charge in [-0.2, -0.15) is 0 Å². The van der Waals surface area contributed by atoms with E-state index >= 15 is 0 Å². The summed E-state index contributed by atoms with van der Waals surface area (Å²) in [4.78, 5) is 24.4. The molecule has 5 nitrogen and oxygen atoms in total. The van der Waals surface area contributed by atoms with Gasteiger partial charge in [-0.3, -0.25) is 9.59 Å². The molecule has 108 valence electrons. The number of carbonyl (C=O) groups excluding carboxylic acids is 1. The lowest BCUT2D eigenvalue weighted by Crippen LogP contribution is -2.29. The Labute approximate surface area is 122 Å². The number of carbonyl (C=O) groups is 2. The van der Waals surface area contributed by atoms with E-state index in [0.29, 0.717) is 23.7 Å². The molecule has 1 fully saturated rings. The summed E-state index contributed by atoms with van der Waals surface area (Å²) in [5, 5.41) is 9.42. The smallest absolute Gasteiger partial charge is 0.307 e. The highest BCUT2D eigenvalue weighted by Gasteiger charge is 2.49. The maximum absolute atomic E-state index is 12.1. The van der Waals surface area contributed by atoms with Gasteiger partial charge < -0.3 is 14.7 Å². The lowest BCUT2D eigenvalue weighted by Gasteiger charge is -2.19. The highest BCUT2D eigenvalue weighted by molar-refractivity contribution is 6.30. The van der Waals surface area contributed by atoms with Crippen LogP contribution in [0.2, 0.25) is 5.02 Å². The van der Waals surface area contributed by atoms with Gasteiger partial charge in [-0.25, -0.2) is 0 Å². The van der Waals surface area contributed by atoms with Gasteiger partial charge in [-0.15, -0.1) is 0 Å². The molecule has 0 heterocycles. The number of hydrogen-bond acceptors (Lipinski definition) is 3. The van der Waals surface area contributed by atoms with Gasteiger partial charge >= 0.3 is 5.97 Å². The SMILES string of the molecule is COc1ccc(Cl)cc1CN(C)C(=O)[C@@H]1C[C@H]1C(=O)O. The predicted octanol–water partition coefficient (Wildman–Crippen LogP) is 2.03. The van der Waals surface area contributed by atoms with Crippen molar-refractivity contribution in [1.82, 2.24) is 4.90 Å². The van der Waals surface area contributed by atoms with Crippen LogP contribution in [0.25, 0.3) is 0 Å². The molecule has 1 aliphatic carbocycles. The van der Waals surface area contributed by atoms with E-state index in [-0.39, 0.29) is 5.91 Å². The van der Waals surface area contributed by atoms with Crippen LogP contribution in [-0.2, 0) is 16.1 Å². The normalized spacial score (nSPS) is 20.4. The topological polar surface area (TPSA) is 66.8 Å². The number of benzene rings is 1. The number of amides is 1. The van der Waals surface area contributed by atoms with Gasteiger partial charge in [0.05, 0.1) is 18.9 Å². The number of halogens is 1. The predicted molar refractivity (Wildman–Crippen MR) is 73.7 cm³/mol. The molecule has 20 heavy (non-hydrogen) atoms. The van der Waals surface area contributed by atoms with Crippen molar-refractivity contribution < 1.29 is 19.4 Å². The number of rotatable bonds is 5. The third-order valence-electron chi connectivity index (χ3n) is 3.45. The minimum absolute atomic E-state index is 0.153. The molecule has 6 heteroatoms. The number of hydrogen-bond donors (Lipinski definition) is 1. The number of nitrogens with zero attached hydrogens (tertiary/aromatic N) is 1. The first kappa shape index (κ1) is 14.7. The zero-order chi connectivity index (χ0) is 14.9. The van der Waals surface area contributed by atoms with Crippen molar-refractivity contribution in [2.24, 2.45) is 11.8 Å². The van der Waals surface area contributed by atoms with E-state index in [1.165, 1.54) is 4.90 Å². The lowest BCUT2D eigenvalue weighted by molar-refractivity contribution is -0.141. The first-order valence-corrected chi connectivity index (χ1v) is 6.62. The molecule has 1 saturated carbocycles. The summed E-state index contributed by atoms with van der Waals surface area (Å²) < 4.78 is 5.23. The molecule has 0 unspecified atom stereocenters. The monoisotopic (exact) mass is 297 g/mol. The molecule has 0 saturated heterocycles. The molecule has 2 rings (SSSR count).